The van der Waals surface area contributed by atoms with E-state index < -0.39 is 0 Å². The van der Waals surface area contributed by atoms with E-state index in [2.05, 4.69) is 23.5 Å². The van der Waals surface area contributed by atoms with Crippen LogP contribution in [0.15, 0.2) is 18.2 Å². The molecule has 16 heavy (non-hydrogen) atoms. The summed E-state index contributed by atoms with van der Waals surface area (Å²) in [6.07, 6.45) is 2.37. The molecule has 86 valence electrons. The molecule has 3 rings (SSSR count). The summed E-state index contributed by atoms with van der Waals surface area (Å²) >= 11 is 2.02. The Morgan fingerprint density at radius 1 is 1.38 bits per heavy atom. The van der Waals surface area contributed by atoms with E-state index in [1.54, 1.807) is 0 Å². The quantitative estimate of drug-likeness (QED) is 0.870. The van der Waals surface area contributed by atoms with Crippen molar-refractivity contribution >= 4 is 17.4 Å². The predicted octanol–water partition coefficient (Wildman–Crippen LogP) is 2.79. The molecule has 0 radical (unpaired) electrons. The lowest BCUT2D eigenvalue weighted by molar-refractivity contribution is 0.267. The van der Waals surface area contributed by atoms with Crippen LogP contribution in [0.5, 0.6) is 5.75 Å². The second-order valence-electron chi connectivity index (χ2n) is 4.53. The summed E-state index contributed by atoms with van der Waals surface area (Å²) in [5.41, 5.74) is 2.65. The maximum atomic E-state index is 5.96. The molecule has 0 bridgehead atoms. The van der Waals surface area contributed by atoms with Gasteiger partial charge in [-0.3, -0.25) is 0 Å². The predicted molar refractivity (Wildman–Crippen MR) is 69.6 cm³/mol. The lowest BCUT2D eigenvalue weighted by Crippen LogP contribution is -2.25. The third kappa shape index (κ3) is 2.01. The summed E-state index contributed by atoms with van der Waals surface area (Å²) in [5, 5.41) is 3.43. The Morgan fingerprint density at radius 2 is 2.31 bits per heavy atom. The Balaban J connectivity index is 1.72. The number of hydrogen-bond acceptors (Lipinski definition) is 3. The third-order valence-corrected chi connectivity index (χ3v) is 4.65. The highest BCUT2D eigenvalue weighted by Crippen LogP contribution is 2.32. The maximum absolute atomic E-state index is 5.96. The molecule has 2 aliphatic rings. The van der Waals surface area contributed by atoms with Crippen LogP contribution in [0, 0.1) is 5.92 Å². The van der Waals surface area contributed by atoms with Crippen LogP contribution in [0.25, 0.3) is 0 Å². The number of benzene rings is 1. The number of thioether (sulfide) groups is 1. The third-order valence-electron chi connectivity index (χ3n) is 3.23. The molecule has 0 aliphatic carbocycles. The van der Waals surface area contributed by atoms with E-state index in [0.717, 1.165) is 31.2 Å². The van der Waals surface area contributed by atoms with Gasteiger partial charge in [0, 0.05) is 35.2 Å². The summed E-state index contributed by atoms with van der Waals surface area (Å²) in [6.45, 7) is 1.99. The molecule has 0 amide bonds. The van der Waals surface area contributed by atoms with Gasteiger partial charge in [0.25, 0.3) is 0 Å². The van der Waals surface area contributed by atoms with E-state index >= 15 is 0 Å². The first-order valence-corrected chi connectivity index (χ1v) is 7.15. The molecule has 3 heteroatoms. The Hall–Kier alpha value is -0.830. The smallest absolute Gasteiger partial charge is 0.124 e. The molecule has 1 N–H and O–H groups in total. The van der Waals surface area contributed by atoms with Gasteiger partial charge in [-0.05, 0) is 25.0 Å². The Bertz CT molecular complexity index is 376. The zero-order valence-electron chi connectivity index (χ0n) is 9.37. The van der Waals surface area contributed by atoms with Crippen LogP contribution in [0.4, 0.5) is 5.69 Å². The number of nitrogens with one attached hydrogen (secondary N) is 1. The van der Waals surface area contributed by atoms with Crippen LogP contribution in [0.1, 0.15) is 12.0 Å². The van der Waals surface area contributed by atoms with Gasteiger partial charge < -0.3 is 10.1 Å². The number of hydrogen-bond donors (Lipinski definition) is 1. The summed E-state index contributed by atoms with van der Waals surface area (Å²) in [7, 11) is 0. The molecule has 2 aliphatic heterocycles. The fourth-order valence-electron chi connectivity index (χ4n) is 2.20. The van der Waals surface area contributed by atoms with Crippen LogP contribution < -0.4 is 10.1 Å². The van der Waals surface area contributed by atoms with Crippen molar-refractivity contribution in [3.63, 3.8) is 0 Å². The summed E-state index contributed by atoms with van der Waals surface area (Å²) in [6, 6.07) is 6.35. The zero-order valence-corrected chi connectivity index (χ0v) is 10.2. The fraction of sp³-hybridized carbons (Fsp3) is 0.538. The second kappa shape index (κ2) is 4.58. The number of fused-ring (bicyclic) bond motifs is 1. The largest absolute Gasteiger partial charge is 0.493 e. The van der Waals surface area contributed by atoms with Crippen molar-refractivity contribution in [2.24, 2.45) is 5.92 Å². The minimum atomic E-state index is 0.775. The highest BCUT2D eigenvalue weighted by atomic mass is 32.2. The maximum Gasteiger partial charge on any atom is 0.124 e. The van der Waals surface area contributed by atoms with Crippen molar-refractivity contribution in [1.29, 1.82) is 0 Å². The molecule has 0 saturated carbocycles. The molecule has 0 atom stereocenters. The molecule has 0 aromatic heterocycles. The van der Waals surface area contributed by atoms with E-state index in [1.165, 1.54) is 29.2 Å². The molecule has 1 aromatic carbocycles. The van der Waals surface area contributed by atoms with Crippen LogP contribution in [-0.4, -0.2) is 24.7 Å². The van der Waals surface area contributed by atoms with Crippen molar-refractivity contribution in [3.8, 4) is 5.75 Å². The molecule has 1 saturated heterocycles. The van der Waals surface area contributed by atoms with Crippen LogP contribution in [0.3, 0.4) is 0 Å². The number of ether oxygens (including phenoxy) is 1. The van der Waals surface area contributed by atoms with Gasteiger partial charge in [-0.25, -0.2) is 0 Å². The van der Waals surface area contributed by atoms with Crippen molar-refractivity contribution < 1.29 is 4.74 Å². The van der Waals surface area contributed by atoms with Gasteiger partial charge in [-0.2, -0.15) is 11.8 Å². The van der Waals surface area contributed by atoms with Gasteiger partial charge in [-0.1, -0.05) is 6.07 Å². The average Bonchev–Trinajstić information content (AvgIpc) is 2.27. The van der Waals surface area contributed by atoms with E-state index in [4.69, 9.17) is 4.74 Å². The molecule has 1 aromatic rings. The topological polar surface area (TPSA) is 21.3 Å². The first kappa shape index (κ1) is 10.3. The van der Waals surface area contributed by atoms with Crippen molar-refractivity contribution in [2.75, 3.05) is 30.0 Å². The highest BCUT2D eigenvalue weighted by Gasteiger charge is 2.20. The minimum Gasteiger partial charge on any atom is -0.493 e. The van der Waals surface area contributed by atoms with Crippen LogP contribution >= 0.6 is 11.8 Å². The minimum absolute atomic E-state index is 0.775. The van der Waals surface area contributed by atoms with E-state index in [9.17, 15) is 0 Å². The monoisotopic (exact) mass is 235 g/mol. The molecular formula is C13H17NOS. The lowest BCUT2D eigenvalue weighted by Gasteiger charge is -2.26. The second-order valence-corrected chi connectivity index (χ2v) is 5.60. The highest BCUT2D eigenvalue weighted by molar-refractivity contribution is 8.00. The Labute approximate surface area is 101 Å². The SMILES string of the molecule is c1cc2c(c(OCC3CSC3)c1)CCCN2. The van der Waals surface area contributed by atoms with Crippen molar-refractivity contribution in [3.05, 3.63) is 23.8 Å². The van der Waals surface area contributed by atoms with Gasteiger partial charge >= 0.3 is 0 Å². The lowest BCUT2D eigenvalue weighted by atomic mass is 10.0. The molecule has 1 fully saturated rings. The van der Waals surface area contributed by atoms with E-state index in [-0.39, 0.29) is 0 Å². The normalized spacial score (nSPS) is 19.5. The molecule has 0 spiro atoms. The molecule has 2 nitrogen and oxygen atoms in total. The summed E-state index contributed by atoms with van der Waals surface area (Å²) in [4.78, 5) is 0. The standard InChI is InChI=1S/C13H17NOS/c1-4-12-11(3-2-6-14-12)13(5-1)15-7-10-8-16-9-10/h1,4-5,10,14H,2-3,6-9H2. The van der Waals surface area contributed by atoms with Gasteiger partial charge in [0.15, 0.2) is 0 Å². The first-order valence-electron chi connectivity index (χ1n) is 6.00. The molecular weight excluding hydrogens is 218 g/mol. The van der Waals surface area contributed by atoms with Gasteiger partial charge in [0.05, 0.1) is 6.61 Å². The fourth-order valence-corrected chi connectivity index (χ4v) is 2.96. The van der Waals surface area contributed by atoms with Gasteiger partial charge in [0.2, 0.25) is 0 Å². The van der Waals surface area contributed by atoms with Crippen LogP contribution in [-0.2, 0) is 6.42 Å². The number of rotatable bonds is 3. The van der Waals surface area contributed by atoms with E-state index in [0.29, 0.717) is 0 Å². The van der Waals surface area contributed by atoms with Crippen LogP contribution in [0.2, 0.25) is 0 Å². The van der Waals surface area contributed by atoms with E-state index in [1.807, 2.05) is 11.8 Å². The molecule has 0 unspecified atom stereocenters. The zero-order chi connectivity index (χ0) is 10.8. The number of anilines is 1. The van der Waals surface area contributed by atoms with Crippen molar-refractivity contribution in [1.82, 2.24) is 0 Å². The average molecular weight is 235 g/mol. The summed E-state index contributed by atoms with van der Waals surface area (Å²) in [5.74, 6) is 4.42. The van der Waals surface area contributed by atoms with Gasteiger partial charge in [0.1, 0.15) is 5.75 Å². The Morgan fingerprint density at radius 3 is 3.12 bits per heavy atom. The first-order chi connectivity index (χ1) is 7.93. The Kier molecular flexibility index (Phi) is 2.96. The van der Waals surface area contributed by atoms with Crippen molar-refractivity contribution in [2.45, 2.75) is 12.8 Å². The summed E-state index contributed by atoms with van der Waals surface area (Å²) < 4.78 is 5.96. The van der Waals surface area contributed by atoms with Gasteiger partial charge in [-0.15, -0.1) is 0 Å². The molecule has 2 heterocycles.